The van der Waals surface area contributed by atoms with Crippen molar-refractivity contribution in [1.82, 2.24) is 0 Å². The highest BCUT2D eigenvalue weighted by Gasteiger charge is 2.39. The van der Waals surface area contributed by atoms with Crippen LogP contribution in [0.3, 0.4) is 0 Å². The van der Waals surface area contributed by atoms with E-state index in [-0.39, 0.29) is 24.6 Å². The molecule has 12 heteroatoms. The van der Waals surface area contributed by atoms with E-state index < -0.39 is 18.3 Å². The van der Waals surface area contributed by atoms with Crippen LogP contribution in [0.5, 0.6) is 23.0 Å². The molecular weight excluding hydrogens is 455 g/mol. The number of ether oxygens (including phenoxy) is 4. The van der Waals surface area contributed by atoms with E-state index >= 15 is 0 Å². The maximum absolute atomic E-state index is 13.9. The third-order valence-electron chi connectivity index (χ3n) is 4.63. The van der Waals surface area contributed by atoms with E-state index in [0.717, 1.165) is 0 Å². The Morgan fingerprint density at radius 2 is 1.52 bits per heavy atom. The van der Waals surface area contributed by atoms with Crippen LogP contribution in [0.25, 0.3) is 0 Å². The largest absolute Gasteiger partial charge is 0.496 e. The smallest absolute Gasteiger partial charge is 0.357 e. The minimum Gasteiger partial charge on any atom is -0.496 e. The Balaban J connectivity index is 2.74. The number of hydrogen-bond acceptors (Lipinski definition) is 10. The van der Waals surface area contributed by atoms with Gasteiger partial charge in [0.05, 0.1) is 52.6 Å². The average Bonchev–Trinajstić information content (AvgIpc) is 2.81. The van der Waals surface area contributed by atoms with Gasteiger partial charge < -0.3 is 33.3 Å². The second kappa shape index (κ2) is 11.7. The van der Waals surface area contributed by atoms with Crippen LogP contribution in [0, 0.1) is 10.1 Å². The monoisotopic (exact) mass is 484 g/mol. The molecule has 0 aliphatic carbocycles. The topological polar surface area (TPSA) is 128 Å². The summed E-state index contributed by atoms with van der Waals surface area (Å²) < 4.78 is 46.3. The second-order valence-corrected chi connectivity index (χ2v) is 8.63. The fourth-order valence-electron chi connectivity index (χ4n) is 3.21. The molecule has 0 fully saturated rings. The molecule has 2 aromatic rings. The number of nitrogens with zero attached hydrogens (tertiary/aromatic N) is 1. The van der Waals surface area contributed by atoms with Crippen molar-refractivity contribution in [2.24, 2.45) is 0 Å². The van der Waals surface area contributed by atoms with Crippen molar-refractivity contribution in [3.63, 3.8) is 0 Å². The maximum Gasteiger partial charge on any atom is 0.357 e. The predicted octanol–water partition coefficient (Wildman–Crippen LogP) is 5.01. The lowest BCUT2D eigenvalue weighted by molar-refractivity contribution is -0.384. The van der Waals surface area contributed by atoms with E-state index in [1.165, 1.54) is 40.6 Å². The van der Waals surface area contributed by atoms with E-state index in [1.807, 2.05) is 0 Å². The lowest BCUT2D eigenvalue weighted by atomic mass is 10.1. The molecule has 11 nitrogen and oxygen atoms in total. The van der Waals surface area contributed by atoms with Crippen molar-refractivity contribution >= 4 is 19.0 Å². The standard InChI is InChI=1S/C21H29N2O9P/c1-7-31-33(26,32-8-2)21(14-11-18(28-4)20(30-6)19(12-14)29-5)22-16-10-9-15(27-3)13-17(16)23(24)25/h9-13,21-22H,7-8H2,1-6H3. The van der Waals surface area contributed by atoms with Gasteiger partial charge in [-0.3, -0.25) is 14.7 Å². The van der Waals surface area contributed by atoms with Crippen LogP contribution in [0.1, 0.15) is 25.2 Å². The minimum absolute atomic E-state index is 0.0879. The van der Waals surface area contributed by atoms with E-state index in [1.54, 1.807) is 32.0 Å². The van der Waals surface area contributed by atoms with Crippen LogP contribution >= 0.6 is 7.60 Å². The molecule has 0 amide bonds. The number of rotatable bonds is 13. The first-order chi connectivity index (χ1) is 15.8. The van der Waals surface area contributed by atoms with Gasteiger partial charge in [-0.05, 0) is 43.7 Å². The Morgan fingerprint density at radius 3 is 1.94 bits per heavy atom. The van der Waals surface area contributed by atoms with Crippen molar-refractivity contribution in [1.29, 1.82) is 0 Å². The molecule has 0 heterocycles. The molecule has 0 radical (unpaired) electrons. The highest BCUT2D eigenvalue weighted by Crippen LogP contribution is 2.62. The summed E-state index contributed by atoms with van der Waals surface area (Å²) in [5, 5.41) is 14.7. The quantitative estimate of drug-likeness (QED) is 0.235. The SMILES string of the molecule is CCOP(=O)(OCC)C(Nc1ccc(OC)cc1[N+](=O)[O-])c1cc(OC)c(OC)c(OC)c1. The molecule has 0 bridgehead atoms. The van der Waals surface area contributed by atoms with Crippen LogP contribution in [0.4, 0.5) is 11.4 Å². The molecule has 1 unspecified atom stereocenters. The zero-order valence-corrected chi connectivity index (χ0v) is 20.3. The molecular formula is C21H29N2O9P. The van der Waals surface area contributed by atoms with E-state index in [9.17, 15) is 14.7 Å². The average molecular weight is 484 g/mol. The highest BCUT2D eigenvalue weighted by molar-refractivity contribution is 7.54. The zero-order chi connectivity index (χ0) is 24.6. The number of nitrogens with one attached hydrogen (secondary N) is 1. The number of anilines is 1. The van der Waals surface area contributed by atoms with Crippen LogP contribution < -0.4 is 24.3 Å². The number of nitro benzene ring substituents is 1. The molecule has 0 aliphatic rings. The van der Waals surface area contributed by atoms with Gasteiger partial charge in [0.25, 0.3) is 5.69 Å². The van der Waals surface area contributed by atoms with E-state index in [4.69, 9.17) is 28.0 Å². The number of methoxy groups -OCH3 is 4. The maximum atomic E-state index is 13.9. The first kappa shape index (κ1) is 26.2. The van der Waals surface area contributed by atoms with Crippen molar-refractivity contribution < 1.29 is 37.5 Å². The number of hydrogen-bond donors (Lipinski definition) is 1. The van der Waals surface area contributed by atoms with Gasteiger partial charge in [0.1, 0.15) is 11.4 Å². The van der Waals surface area contributed by atoms with Gasteiger partial charge in [-0.2, -0.15) is 0 Å². The summed E-state index contributed by atoms with van der Waals surface area (Å²) in [5.74, 6) is 0.109. The van der Waals surface area contributed by atoms with Crippen molar-refractivity contribution in [3.8, 4) is 23.0 Å². The van der Waals surface area contributed by atoms with Gasteiger partial charge in [-0.25, -0.2) is 0 Å². The van der Waals surface area contributed by atoms with Crippen molar-refractivity contribution in [2.75, 3.05) is 47.0 Å². The molecule has 1 N–H and O–H groups in total. The van der Waals surface area contributed by atoms with Crippen LogP contribution in [0.15, 0.2) is 30.3 Å². The molecule has 182 valence electrons. The van der Waals surface area contributed by atoms with E-state index in [2.05, 4.69) is 5.32 Å². The van der Waals surface area contributed by atoms with Gasteiger partial charge in [0, 0.05) is 0 Å². The zero-order valence-electron chi connectivity index (χ0n) is 19.4. The molecule has 2 aromatic carbocycles. The summed E-state index contributed by atoms with van der Waals surface area (Å²) in [5.41, 5.74) is 0.213. The van der Waals surface area contributed by atoms with Gasteiger partial charge in [-0.15, -0.1) is 0 Å². The fourth-order valence-corrected chi connectivity index (χ4v) is 5.11. The molecule has 0 aliphatic heterocycles. The second-order valence-electron chi connectivity index (χ2n) is 6.52. The molecule has 0 spiro atoms. The van der Waals surface area contributed by atoms with Gasteiger partial charge in [0.15, 0.2) is 17.3 Å². The highest BCUT2D eigenvalue weighted by atomic mass is 31.2. The van der Waals surface area contributed by atoms with Gasteiger partial charge >= 0.3 is 7.60 Å². The molecule has 1 atom stereocenters. The fraction of sp³-hybridized carbons (Fsp3) is 0.429. The Labute approximate surface area is 192 Å². The Hall–Kier alpha value is -3.01. The Kier molecular flexibility index (Phi) is 9.33. The molecule has 0 aromatic heterocycles. The predicted molar refractivity (Wildman–Crippen MR) is 123 cm³/mol. The van der Waals surface area contributed by atoms with Gasteiger partial charge in [0.2, 0.25) is 5.75 Å². The molecule has 0 saturated heterocycles. The number of nitro groups is 1. The minimum atomic E-state index is -3.89. The molecule has 0 saturated carbocycles. The third kappa shape index (κ3) is 5.87. The van der Waals surface area contributed by atoms with Gasteiger partial charge in [-0.1, -0.05) is 0 Å². The summed E-state index contributed by atoms with van der Waals surface area (Å²) >= 11 is 0. The lowest BCUT2D eigenvalue weighted by Gasteiger charge is -2.29. The van der Waals surface area contributed by atoms with Crippen LogP contribution in [0.2, 0.25) is 0 Å². The van der Waals surface area contributed by atoms with E-state index in [0.29, 0.717) is 28.6 Å². The first-order valence-corrected chi connectivity index (χ1v) is 11.7. The summed E-state index contributed by atoms with van der Waals surface area (Å²) in [6, 6.07) is 7.44. The normalized spacial score (nSPS) is 12.1. The van der Waals surface area contributed by atoms with Crippen molar-refractivity contribution in [3.05, 3.63) is 46.0 Å². The van der Waals surface area contributed by atoms with Crippen LogP contribution in [-0.2, 0) is 13.6 Å². The molecule has 33 heavy (non-hydrogen) atoms. The summed E-state index contributed by atoms with van der Waals surface area (Å²) in [7, 11) is 1.87. The third-order valence-corrected chi connectivity index (χ3v) is 6.93. The lowest BCUT2D eigenvalue weighted by Crippen LogP contribution is -2.16. The first-order valence-electron chi connectivity index (χ1n) is 10.1. The summed E-state index contributed by atoms with van der Waals surface area (Å²) in [4.78, 5) is 11.1. The Morgan fingerprint density at radius 1 is 0.939 bits per heavy atom. The summed E-state index contributed by atoms with van der Waals surface area (Å²) in [6.45, 7) is 3.52. The molecule has 2 rings (SSSR count). The summed E-state index contributed by atoms with van der Waals surface area (Å²) in [6.07, 6.45) is 0. The number of benzene rings is 2. The van der Waals surface area contributed by atoms with Crippen molar-refractivity contribution in [2.45, 2.75) is 19.6 Å². The Bertz CT molecular complexity index is 980. The van der Waals surface area contributed by atoms with Crippen LogP contribution in [-0.4, -0.2) is 46.6 Å².